The smallest absolute Gasteiger partial charge is 0.180 e. The molecule has 2 heteroatoms. The van der Waals surface area contributed by atoms with Gasteiger partial charge in [0.2, 0.25) is 0 Å². The Bertz CT molecular complexity index is 122. The molecule has 0 saturated carbocycles. The van der Waals surface area contributed by atoms with Gasteiger partial charge < -0.3 is 10.5 Å². The Morgan fingerprint density at radius 2 is 2.00 bits per heavy atom. The Hall–Kier alpha value is -0.660. The second-order valence-electron chi connectivity index (χ2n) is 3.23. The predicted molar refractivity (Wildman–Crippen MR) is 43.4 cm³/mol. The molecule has 0 aromatic carbocycles. The van der Waals surface area contributed by atoms with Gasteiger partial charge in [-0.1, -0.05) is 6.92 Å². The van der Waals surface area contributed by atoms with Gasteiger partial charge in [-0.05, 0) is 33.3 Å². The van der Waals surface area contributed by atoms with E-state index in [0.717, 1.165) is 6.42 Å². The lowest BCUT2D eigenvalue weighted by Crippen LogP contribution is -2.21. The molecule has 0 unspecified atom stereocenters. The number of hydrogen-bond donors (Lipinski definition) is 1. The van der Waals surface area contributed by atoms with E-state index in [-0.39, 0.29) is 5.60 Å². The summed E-state index contributed by atoms with van der Waals surface area (Å²) in [4.78, 5) is 0. The van der Waals surface area contributed by atoms with Gasteiger partial charge in [-0.15, -0.1) is 0 Å². The molecule has 0 rings (SSSR count). The first kappa shape index (κ1) is 9.34. The van der Waals surface area contributed by atoms with E-state index in [9.17, 15) is 0 Å². The Balaban J connectivity index is 3.79. The maximum atomic E-state index is 5.51. The average Bonchev–Trinajstić information content (AvgIpc) is 1.59. The zero-order valence-electron chi connectivity index (χ0n) is 7.27. The minimum atomic E-state index is -0.171. The van der Waals surface area contributed by atoms with E-state index in [1.165, 1.54) is 0 Å². The molecular formula is C8H17NO. The fourth-order valence-electron chi connectivity index (χ4n) is 0.596. The molecule has 0 fully saturated rings. The first-order chi connectivity index (χ1) is 4.45. The molecule has 0 spiro atoms. The van der Waals surface area contributed by atoms with Crippen LogP contribution in [0.4, 0.5) is 0 Å². The SMILES string of the molecule is CC/C=C(\N)OC(C)(C)C. The quantitative estimate of drug-likeness (QED) is 0.600. The van der Waals surface area contributed by atoms with Crippen LogP contribution in [0.1, 0.15) is 34.1 Å². The number of rotatable bonds is 2. The highest BCUT2D eigenvalue weighted by Crippen LogP contribution is 2.09. The van der Waals surface area contributed by atoms with E-state index in [0.29, 0.717) is 5.88 Å². The minimum absolute atomic E-state index is 0.171. The maximum Gasteiger partial charge on any atom is 0.180 e. The summed E-state index contributed by atoms with van der Waals surface area (Å²) in [6.07, 6.45) is 2.78. The van der Waals surface area contributed by atoms with Gasteiger partial charge in [0.05, 0.1) is 0 Å². The van der Waals surface area contributed by atoms with Crippen molar-refractivity contribution in [1.29, 1.82) is 0 Å². The van der Waals surface area contributed by atoms with Gasteiger partial charge in [0.1, 0.15) is 5.60 Å². The molecule has 60 valence electrons. The second-order valence-corrected chi connectivity index (χ2v) is 3.23. The number of nitrogens with two attached hydrogens (primary N) is 1. The third-order valence-electron chi connectivity index (χ3n) is 0.829. The molecule has 0 aliphatic rings. The van der Waals surface area contributed by atoms with Gasteiger partial charge in [-0.3, -0.25) is 0 Å². The van der Waals surface area contributed by atoms with Gasteiger partial charge in [0.15, 0.2) is 5.88 Å². The van der Waals surface area contributed by atoms with Crippen LogP contribution in [0, 0.1) is 0 Å². The minimum Gasteiger partial charge on any atom is -0.474 e. The van der Waals surface area contributed by atoms with E-state index in [1.54, 1.807) is 0 Å². The summed E-state index contributed by atoms with van der Waals surface area (Å²) in [6, 6.07) is 0. The van der Waals surface area contributed by atoms with Crippen molar-refractivity contribution in [2.75, 3.05) is 0 Å². The second kappa shape index (κ2) is 3.49. The lowest BCUT2D eigenvalue weighted by Gasteiger charge is -2.20. The van der Waals surface area contributed by atoms with Crippen LogP contribution in [0.25, 0.3) is 0 Å². The summed E-state index contributed by atoms with van der Waals surface area (Å²) in [5.41, 5.74) is 5.34. The molecule has 2 nitrogen and oxygen atoms in total. The van der Waals surface area contributed by atoms with Crippen molar-refractivity contribution in [2.24, 2.45) is 5.73 Å². The first-order valence-electron chi connectivity index (χ1n) is 3.60. The highest BCUT2D eigenvalue weighted by Gasteiger charge is 2.10. The van der Waals surface area contributed by atoms with Crippen LogP contribution in [0.15, 0.2) is 12.0 Å². The standard InChI is InChI=1S/C8H17NO/c1-5-6-7(9)10-8(2,3)4/h6H,5,9H2,1-4H3/b7-6+. The molecule has 10 heavy (non-hydrogen) atoms. The van der Waals surface area contributed by atoms with E-state index in [4.69, 9.17) is 10.5 Å². The van der Waals surface area contributed by atoms with E-state index >= 15 is 0 Å². The Labute approximate surface area is 63.1 Å². The van der Waals surface area contributed by atoms with Crippen molar-refractivity contribution < 1.29 is 4.74 Å². The van der Waals surface area contributed by atoms with Gasteiger partial charge in [0.25, 0.3) is 0 Å². The average molecular weight is 143 g/mol. The number of ether oxygens (including phenoxy) is 1. The first-order valence-corrected chi connectivity index (χ1v) is 3.60. The van der Waals surface area contributed by atoms with Crippen molar-refractivity contribution >= 4 is 0 Å². The van der Waals surface area contributed by atoms with Crippen LogP contribution in [0.2, 0.25) is 0 Å². The topological polar surface area (TPSA) is 35.2 Å². The van der Waals surface area contributed by atoms with Crippen molar-refractivity contribution in [3.63, 3.8) is 0 Å². The lowest BCUT2D eigenvalue weighted by atomic mass is 10.2. The Morgan fingerprint density at radius 3 is 2.30 bits per heavy atom. The van der Waals surface area contributed by atoms with Crippen LogP contribution >= 0.6 is 0 Å². The normalized spacial score (nSPS) is 13.4. The summed E-state index contributed by atoms with van der Waals surface area (Å²) in [7, 11) is 0. The molecule has 0 aliphatic heterocycles. The zero-order valence-corrected chi connectivity index (χ0v) is 7.27. The van der Waals surface area contributed by atoms with Crippen LogP contribution < -0.4 is 5.73 Å². The van der Waals surface area contributed by atoms with E-state index in [2.05, 4.69) is 0 Å². The van der Waals surface area contributed by atoms with Crippen molar-refractivity contribution in [3.8, 4) is 0 Å². The van der Waals surface area contributed by atoms with Crippen molar-refractivity contribution in [2.45, 2.75) is 39.7 Å². The molecule has 0 bridgehead atoms. The number of hydrogen-bond acceptors (Lipinski definition) is 2. The van der Waals surface area contributed by atoms with Crippen LogP contribution in [0.3, 0.4) is 0 Å². The maximum absolute atomic E-state index is 5.51. The summed E-state index contributed by atoms with van der Waals surface area (Å²) in [5.74, 6) is 0.523. The molecule has 0 radical (unpaired) electrons. The van der Waals surface area contributed by atoms with Crippen LogP contribution in [-0.2, 0) is 4.74 Å². The number of allylic oxidation sites excluding steroid dienone is 1. The third-order valence-corrected chi connectivity index (χ3v) is 0.829. The molecule has 0 aromatic rings. The monoisotopic (exact) mass is 143 g/mol. The van der Waals surface area contributed by atoms with Crippen LogP contribution in [-0.4, -0.2) is 5.60 Å². The molecular weight excluding hydrogens is 126 g/mol. The third kappa shape index (κ3) is 5.48. The molecule has 0 aliphatic carbocycles. The van der Waals surface area contributed by atoms with Gasteiger partial charge >= 0.3 is 0 Å². The molecule has 0 saturated heterocycles. The summed E-state index contributed by atoms with van der Waals surface area (Å²) >= 11 is 0. The highest BCUT2D eigenvalue weighted by atomic mass is 16.5. The highest BCUT2D eigenvalue weighted by molar-refractivity contribution is 4.87. The zero-order chi connectivity index (χ0) is 8.20. The Kier molecular flexibility index (Phi) is 3.26. The largest absolute Gasteiger partial charge is 0.474 e. The summed E-state index contributed by atoms with van der Waals surface area (Å²) in [5, 5.41) is 0. The summed E-state index contributed by atoms with van der Waals surface area (Å²) < 4.78 is 5.32. The fraction of sp³-hybridized carbons (Fsp3) is 0.750. The van der Waals surface area contributed by atoms with Gasteiger partial charge in [-0.2, -0.15) is 0 Å². The van der Waals surface area contributed by atoms with E-state index in [1.807, 2.05) is 33.8 Å². The molecule has 0 amide bonds. The van der Waals surface area contributed by atoms with Crippen molar-refractivity contribution in [3.05, 3.63) is 12.0 Å². The fourth-order valence-corrected chi connectivity index (χ4v) is 0.596. The molecule has 0 atom stereocenters. The molecule has 2 N–H and O–H groups in total. The van der Waals surface area contributed by atoms with Gasteiger partial charge in [0, 0.05) is 0 Å². The van der Waals surface area contributed by atoms with Gasteiger partial charge in [-0.25, -0.2) is 0 Å². The van der Waals surface area contributed by atoms with Crippen LogP contribution in [0.5, 0.6) is 0 Å². The molecule has 0 aromatic heterocycles. The summed E-state index contributed by atoms with van der Waals surface area (Å²) in [6.45, 7) is 7.95. The van der Waals surface area contributed by atoms with Crippen molar-refractivity contribution in [1.82, 2.24) is 0 Å². The predicted octanol–water partition coefficient (Wildman–Crippen LogP) is 2.01. The lowest BCUT2D eigenvalue weighted by molar-refractivity contribution is 0.0500. The Morgan fingerprint density at radius 1 is 1.50 bits per heavy atom. The van der Waals surface area contributed by atoms with E-state index < -0.39 is 0 Å². The molecule has 0 heterocycles.